The molecule has 2 aromatic carbocycles. The molecule has 1 aliphatic rings. The molecule has 0 radical (unpaired) electrons. The van der Waals surface area contributed by atoms with Crippen LogP contribution in [0.3, 0.4) is 0 Å². The molecule has 0 fully saturated rings. The molecule has 0 atom stereocenters. The molecule has 0 aromatic heterocycles. The minimum Gasteiger partial charge on any atom is -0.497 e. The molecule has 7 nitrogen and oxygen atoms in total. The number of carbonyl (C=O) groups excluding carboxylic acids is 1. The van der Waals surface area contributed by atoms with Gasteiger partial charge in [-0.3, -0.25) is 15.6 Å². The van der Waals surface area contributed by atoms with Gasteiger partial charge in [-0.05, 0) is 66.3 Å². The van der Waals surface area contributed by atoms with Crippen LogP contribution < -0.4 is 26.2 Å². The Morgan fingerprint density at radius 2 is 1.64 bits per heavy atom. The zero-order valence-corrected chi connectivity index (χ0v) is 16.2. The highest BCUT2D eigenvalue weighted by Gasteiger charge is 2.26. The van der Waals surface area contributed by atoms with Crippen LogP contribution in [-0.2, 0) is 4.79 Å². The van der Waals surface area contributed by atoms with Crippen molar-refractivity contribution >= 4 is 35.0 Å². The lowest BCUT2D eigenvalue weighted by atomic mass is 10.0. The maximum Gasteiger partial charge on any atom is 0.270 e. The number of hydrogen-bond donors (Lipinski definition) is 3. The first kappa shape index (κ1) is 19.4. The van der Waals surface area contributed by atoms with E-state index in [4.69, 9.17) is 27.5 Å². The smallest absolute Gasteiger partial charge is 0.270 e. The molecule has 3 rings (SSSR count). The molecule has 144 valence electrons. The monoisotopic (exact) mass is 396 g/mol. The van der Waals surface area contributed by atoms with E-state index in [2.05, 4.69) is 10.9 Å². The molecular weight excluding hydrogens is 376 g/mol. The van der Waals surface area contributed by atoms with Crippen molar-refractivity contribution in [1.29, 1.82) is 0 Å². The van der Waals surface area contributed by atoms with Gasteiger partial charge in [0.1, 0.15) is 11.5 Å². The summed E-state index contributed by atoms with van der Waals surface area (Å²) in [6.45, 7) is 0. The standard InChI is InChI=1S/C20H20N4O3S/c1-26-16-7-3-13(4-8-16)11-15-12-18(14-5-9-17(27-2)10-6-14)24(20(28)22-21)23-19(15)25/h3-12H,21H2,1-2H3,(H,22,28)(H,23,25)/b15-11+. The first-order chi connectivity index (χ1) is 13.5. The van der Waals surface area contributed by atoms with Crippen molar-refractivity contribution in [1.82, 2.24) is 15.9 Å². The highest BCUT2D eigenvalue weighted by atomic mass is 32.1. The number of nitrogens with zero attached hydrogens (tertiary/aromatic N) is 1. The van der Waals surface area contributed by atoms with Crippen LogP contribution >= 0.6 is 12.2 Å². The Kier molecular flexibility index (Phi) is 5.93. The van der Waals surface area contributed by atoms with Crippen molar-refractivity contribution in [3.8, 4) is 11.5 Å². The van der Waals surface area contributed by atoms with Crippen LogP contribution in [0.1, 0.15) is 11.1 Å². The third kappa shape index (κ3) is 4.13. The summed E-state index contributed by atoms with van der Waals surface area (Å²) in [7, 11) is 3.21. The highest BCUT2D eigenvalue weighted by Crippen LogP contribution is 2.27. The Morgan fingerprint density at radius 1 is 1.07 bits per heavy atom. The topological polar surface area (TPSA) is 88.8 Å². The number of methoxy groups -OCH3 is 2. The Hall–Kier alpha value is -3.36. The molecule has 4 N–H and O–H groups in total. The molecule has 0 aliphatic carbocycles. The molecular formula is C20H20N4O3S. The number of thiocarbonyl (C=S) groups is 1. The van der Waals surface area contributed by atoms with Gasteiger partial charge in [-0.2, -0.15) is 0 Å². The third-order valence-corrected chi connectivity index (χ3v) is 4.46. The van der Waals surface area contributed by atoms with Crippen LogP contribution in [0.2, 0.25) is 0 Å². The van der Waals surface area contributed by atoms with E-state index in [0.717, 1.165) is 22.6 Å². The van der Waals surface area contributed by atoms with Crippen LogP contribution in [0.25, 0.3) is 11.8 Å². The molecule has 8 heteroatoms. The van der Waals surface area contributed by atoms with E-state index in [1.807, 2.05) is 48.5 Å². The van der Waals surface area contributed by atoms with Crippen molar-refractivity contribution < 1.29 is 14.3 Å². The van der Waals surface area contributed by atoms with Gasteiger partial charge in [-0.15, -0.1) is 0 Å². The minimum absolute atomic E-state index is 0.166. The Morgan fingerprint density at radius 3 is 2.18 bits per heavy atom. The van der Waals surface area contributed by atoms with E-state index >= 15 is 0 Å². The predicted molar refractivity (Wildman–Crippen MR) is 112 cm³/mol. The van der Waals surface area contributed by atoms with E-state index in [-0.39, 0.29) is 11.0 Å². The molecule has 1 aliphatic heterocycles. The van der Waals surface area contributed by atoms with Crippen molar-refractivity contribution in [2.75, 3.05) is 14.2 Å². The summed E-state index contributed by atoms with van der Waals surface area (Å²) in [6, 6.07) is 14.8. The second kappa shape index (κ2) is 8.55. The molecule has 0 saturated heterocycles. The summed E-state index contributed by atoms with van der Waals surface area (Å²) in [5, 5.41) is 1.60. The van der Waals surface area contributed by atoms with Crippen molar-refractivity contribution in [2.45, 2.75) is 0 Å². The van der Waals surface area contributed by atoms with Crippen molar-refractivity contribution in [2.24, 2.45) is 5.84 Å². The molecule has 28 heavy (non-hydrogen) atoms. The molecule has 0 bridgehead atoms. The summed E-state index contributed by atoms with van der Waals surface area (Å²) >= 11 is 5.23. The number of carbonyl (C=O) groups is 1. The van der Waals surface area contributed by atoms with Crippen LogP contribution in [0.15, 0.2) is 60.2 Å². The van der Waals surface area contributed by atoms with Gasteiger partial charge in [0.2, 0.25) is 5.11 Å². The fourth-order valence-corrected chi connectivity index (χ4v) is 2.83. The molecule has 2 aromatic rings. The van der Waals surface area contributed by atoms with E-state index < -0.39 is 0 Å². The van der Waals surface area contributed by atoms with Crippen molar-refractivity contribution in [3.05, 3.63) is 71.3 Å². The van der Waals surface area contributed by atoms with Gasteiger partial charge < -0.3 is 9.47 Å². The quantitative estimate of drug-likeness (QED) is 0.316. The second-order valence-electron chi connectivity index (χ2n) is 5.86. The summed E-state index contributed by atoms with van der Waals surface area (Å²) in [5.41, 5.74) is 8.00. The van der Waals surface area contributed by atoms with E-state index in [1.54, 1.807) is 26.4 Å². The molecule has 0 spiro atoms. The summed E-state index contributed by atoms with van der Waals surface area (Å²) in [5.74, 6) is 6.63. The SMILES string of the molecule is COc1ccc(/C=C2\C=C(c3ccc(OC)cc3)N(C(=S)NN)NC2=O)cc1. The Labute approximate surface area is 168 Å². The number of hydrazine groups is 2. The normalized spacial score (nSPS) is 15.0. The fourth-order valence-electron chi connectivity index (χ4n) is 2.69. The summed E-state index contributed by atoms with van der Waals surface area (Å²) in [6.07, 6.45) is 3.54. The maximum atomic E-state index is 12.6. The maximum absolute atomic E-state index is 12.6. The van der Waals surface area contributed by atoms with E-state index in [1.165, 1.54) is 5.01 Å². The Balaban J connectivity index is 2.03. The lowest BCUT2D eigenvalue weighted by Crippen LogP contribution is -2.53. The number of nitrogens with two attached hydrogens (primary N) is 1. The number of amides is 1. The number of hydrogen-bond acceptors (Lipinski definition) is 5. The van der Waals surface area contributed by atoms with E-state index in [0.29, 0.717) is 11.3 Å². The average molecular weight is 396 g/mol. The largest absolute Gasteiger partial charge is 0.497 e. The van der Waals surface area contributed by atoms with Gasteiger partial charge in [0.05, 0.1) is 19.9 Å². The van der Waals surface area contributed by atoms with E-state index in [9.17, 15) is 4.79 Å². The first-order valence-corrected chi connectivity index (χ1v) is 8.80. The lowest BCUT2D eigenvalue weighted by Gasteiger charge is -2.31. The lowest BCUT2D eigenvalue weighted by molar-refractivity contribution is -0.119. The van der Waals surface area contributed by atoms with Gasteiger partial charge in [0, 0.05) is 11.1 Å². The second-order valence-corrected chi connectivity index (χ2v) is 6.24. The van der Waals surface area contributed by atoms with Gasteiger partial charge in [-0.25, -0.2) is 10.9 Å². The minimum atomic E-state index is -0.300. The number of benzene rings is 2. The molecule has 0 unspecified atom stereocenters. The predicted octanol–water partition coefficient (Wildman–Crippen LogP) is 2.22. The van der Waals surface area contributed by atoms with Gasteiger partial charge >= 0.3 is 0 Å². The van der Waals surface area contributed by atoms with Crippen molar-refractivity contribution in [3.63, 3.8) is 0 Å². The van der Waals surface area contributed by atoms with Gasteiger partial charge in [-0.1, -0.05) is 12.1 Å². The zero-order valence-electron chi connectivity index (χ0n) is 15.4. The number of rotatable bonds is 4. The van der Waals surface area contributed by atoms with Crippen LogP contribution in [0, 0.1) is 0 Å². The van der Waals surface area contributed by atoms with Crippen LogP contribution in [-0.4, -0.2) is 30.2 Å². The Bertz CT molecular complexity index is 937. The highest BCUT2D eigenvalue weighted by molar-refractivity contribution is 7.80. The number of ether oxygens (including phenoxy) is 2. The van der Waals surface area contributed by atoms with Crippen LogP contribution in [0.4, 0.5) is 0 Å². The molecule has 0 saturated carbocycles. The first-order valence-electron chi connectivity index (χ1n) is 8.39. The zero-order chi connectivity index (χ0) is 20.1. The third-order valence-electron chi connectivity index (χ3n) is 4.16. The molecule has 1 heterocycles. The molecule has 1 amide bonds. The summed E-state index contributed by atoms with van der Waals surface area (Å²) in [4.78, 5) is 12.6. The number of nitrogens with one attached hydrogen (secondary N) is 2. The average Bonchev–Trinajstić information content (AvgIpc) is 2.75. The fraction of sp³-hybridized carbons (Fsp3) is 0.100. The van der Waals surface area contributed by atoms with Gasteiger partial charge in [0.25, 0.3) is 5.91 Å². The van der Waals surface area contributed by atoms with Gasteiger partial charge in [0.15, 0.2) is 0 Å². The summed E-state index contributed by atoms with van der Waals surface area (Å²) < 4.78 is 10.4. The van der Waals surface area contributed by atoms with Crippen LogP contribution in [0.5, 0.6) is 11.5 Å².